The van der Waals surface area contributed by atoms with Crippen molar-refractivity contribution in [3.63, 3.8) is 0 Å². The Morgan fingerprint density at radius 2 is 2.20 bits per heavy atom. The van der Waals surface area contributed by atoms with Gasteiger partial charge in [0.05, 0.1) is 6.54 Å². The number of hydrogen-bond donors (Lipinski definition) is 2. The van der Waals surface area contributed by atoms with Crippen molar-refractivity contribution in [2.45, 2.75) is 24.9 Å². The molecule has 106 valence electrons. The third-order valence-electron chi connectivity index (χ3n) is 3.76. The van der Waals surface area contributed by atoms with Crippen molar-refractivity contribution in [2.24, 2.45) is 0 Å². The van der Waals surface area contributed by atoms with Gasteiger partial charge in [-0.3, -0.25) is 15.0 Å². The SMILES string of the molecule is C#CCNC1(C(=O)O)CCCN(Cc2ccccc2)C1. The van der Waals surface area contributed by atoms with E-state index >= 15 is 0 Å². The summed E-state index contributed by atoms with van der Waals surface area (Å²) < 4.78 is 0. The van der Waals surface area contributed by atoms with Crippen molar-refractivity contribution >= 4 is 5.97 Å². The Labute approximate surface area is 119 Å². The molecule has 1 heterocycles. The van der Waals surface area contributed by atoms with Crippen LogP contribution in [-0.2, 0) is 11.3 Å². The van der Waals surface area contributed by atoms with E-state index in [4.69, 9.17) is 6.42 Å². The highest BCUT2D eigenvalue weighted by molar-refractivity contribution is 5.79. The Kier molecular flexibility index (Phi) is 4.78. The van der Waals surface area contributed by atoms with E-state index in [1.807, 2.05) is 18.2 Å². The maximum Gasteiger partial charge on any atom is 0.325 e. The summed E-state index contributed by atoms with van der Waals surface area (Å²) in [5.41, 5.74) is 0.282. The van der Waals surface area contributed by atoms with Crippen LogP contribution in [0.15, 0.2) is 30.3 Å². The molecule has 1 aliphatic heterocycles. The molecule has 4 nitrogen and oxygen atoms in total. The third kappa shape index (κ3) is 3.38. The number of hydrogen-bond acceptors (Lipinski definition) is 3. The molecule has 20 heavy (non-hydrogen) atoms. The molecule has 0 aromatic heterocycles. The summed E-state index contributed by atoms with van der Waals surface area (Å²) in [6.07, 6.45) is 6.72. The fraction of sp³-hybridized carbons (Fsp3) is 0.438. The van der Waals surface area contributed by atoms with E-state index < -0.39 is 11.5 Å². The van der Waals surface area contributed by atoms with Gasteiger partial charge in [-0.2, -0.15) is 0 Å². The van der Waals surface area contributed by atoms with Crippen LogP contribution in [0.25, 0.3) is 0 Å². The lowest BCUT2D eigenvalue weighted by atomic mass is 9.88. The van der Waals surface area contributed by atoms with Crippen molar-refractivity contribution in [3.8, 4) is 12.3 Å². The largest absolute Gasteiger partial charge is 0.480 e. The number of carboxylic acid groups (broad SMARTS) is 1. The highest BCUT2D eigenvalue weighted by Crippen LogP contribution is 2.23. The van der Waals surface area contributed by atoms with Crippen LogP contribution in [0.5, 0.6) is 0 Å². The average molecular weight is 272 g/mol. The number of benzene rings is 1. The van der Waals surface area contributed by atoms with Gasteiger partial charge in [-0.25, -0.2) is 0 Å². The number of nitrogens with zero attached hydrogens (tertiary/aromatic N) is 1. The van der Waals surface area contributed by atoms with E-state index in [1.54, 1.807) is 0 Å². The normalized spacial score (nSPS) is 23.1. The second kappa shape index (κ2) is 6.56. The van der Waals surface area contributed by atoms with E-state index in [-0.39, 0.29) is 6.54 Å². The Balaban J connectivity index is 2.06. The maximum atomic E-state index is 11.6. The molecular weight excluding hydrogens is 252 g/mol. The topological polar surface area (TPSA) is 52.6 Å². The summed E-state index contributed by atoms with van der Waals surface area (Å²) in [6.45, 7) is 2.46. The van der Waals surface area contributed by atoms with Gasteiger partial charge in [0.15, 0.2) is 0 Å². The first kappa shape index (κ1) is 14.6. The number of aliphatic carboxylic acids is 1. The van der Waals surface area contributed by atoms with Crippen LogP contribution in [0.1, 0.15) is 18.4 Å². The Hall–Kier alpha value is -1.83. The van der Waals surface area contributed by atoms with E-state index in [0.29, 0.717) is 13.0 Å². The number of carboxylic acids is 1. The lowest BCUT2D eigenvalue weighted by Crippen LogP contribution is -2.61. The van der Waals surface area contributed by atoms with Crippen molar-refractivity contribution < 1.29 is 9.90 Å². The van der Waals surface area contributed by atoms with Crippen LogP contribution in [-0.4, -0.2) is 41.1 Å². The number of carbonyl (C=O) groups is 1. The molecule has 4 heteroatoms. The number of rotatable bonds is 5. The molecule has 0 bridgehead atoms. The number of piperidine rings is 1. The smallest absolute Gasteiger partial charge is 0.325 e. The molecule has 2 N–H and O–H groups in total. The van der Waals surface area contributed by atoms with E-state index in [9.17, 15) is 9.90 Å². The molecule has 0 saturated carbocycles. The molecule has 1 aromatic carbocycles. The minimum Gasteiger partial charge on any atom is -0.480 e. The number of terminal acetylenes is 1. The monoisotopic (exact) mass is 272 g/mol. The summed E-state index contributed by atoms with van der Waals surface area (Å²) in [4.78, 5) is 13.8. The second-order valence-electron chi connectivity index (χ2n) is 5.24. The molecule has 0 aliphatic carbocycles. The number of likely N-dealkylation sites (tertiary alicyclic amines) is 1. The minimum atomic E-state index is -0.917. The van der Waals surface area contributed by atoms with Crippen molar-refractivity contribution in [3.05, 3.63) is 35.9 Å². The Bertz CT molecular complexity index is 495. The molecule has 1 atom stereocenters. The van der Waals surface area contributed by atoms with Crippen LogP contribution in [0.2, 0.25) is 0 Å². The molecule has 1 aliphatic rings. The third-order valence-corrected chi connectivity index (χ3v) is 3.76. The molecule has 1 aromatic rings. The zero-order valence-corrected chi connectivity index (χ0v) is 11.5. The standard InChI is InChI=1S/C16H20N2O2/c1-2-10-17-16(15(19)20)9-6-11-18(13-16)12-14-7-4-3-5-8-14/h1,3-5,7-8,17H,6,9-13H2,(H,19,20). The van der Waals surface area contributed by atoms with Gasteiger partial charge in [0.2, 0.25) is 0 Å². The first-order valence-electron chi connectivity index (χ1n) is 6.84. The Morgan fingerprint density at radius 3 is 2.85 bits per heavy atom. The lowest BCUT2D eigenvalue weighted by Gasteiger charge is -2.40. The van der Waals surface area contributed by atoms with Gasteiger partial charge < -0.3 is 5.11 Å². The van der Waals surface area contributed by atoms with Gasteiger partial charge in [-0.05, 0) is 24.9 Å². The Morgan fingerprint density at radius 1 is 1.45 bits per heavy atom. The van der Waals surface area contributed by atoms with Crippen molar-refractivity contribution in [1.82, 2.24) is 10.2 Å². The second-order valence-corrected chi connectivity index (χ2v) is 5.24. The first-order valence-corrected chi connectivity index (χ1v) is 6.84. The zero-order chi connectivity index (χ0) is 14.4. The quantitative estimate of drug-likeness (QED) is 0.794. The summed E-state index contributed by atoms with van der Waals surface area (Å²) in [5.74, 6) is 1.65. The predicted molar refractivity (Wildman–Crippen MR) is 78.2 cm³/mol. The van der Waals surface area contributed by atoms with Gasteiger partial charge in [0, 0.05) is 13.1 Å². The molecule has 0 amide bonds. The van der Waals surface area contributed by atoms with Gasteiger partial charge >= 0.3 is 5.97 Å². The molecule has 2 rings (SSSR count). The summed E-state index contributed by atoms with van der Waals surface area (Å²) in [5, 5.41) is 12.6. The molecule has 0 radical (unpaired) electrons. The highest BCUT2D eigenvalue weighted by atomic mass is 16.4. The molecule has 1 unspecified atom stereocenters. The van der Waals surface area contributed by atoms with E-state index in [1.165, 1.54) is 5.56 Å². The molecule has 0 spiro atoms. The van der Waals surface area contributed by atoms with Crippen LogP contribution in [0, 0.1) is 12.3 Å². The number of nitrogens with one attached hydrogen (secondary N) is 1. The summed E-state index contributed by atoms with van der Waals surface area (Å²) in [6, 6.07) is 10.1. The average Bonchev–Trinajstić information content (AvgIpc) is 2.46. The first-order chi connectivity index (χ1) is 9.66. The van der Waals surface area contributed by atoms with E-state index in [2.05, 4.69) is 28.3 Å². The van der Waals surface area contributed by atoms with Crippen molar-refractivity contribution in [2.75, 3.05) is 19.6 Å². The molecule has 1 saturated heterocycles. The van der Waals surface area contributed by atoms with Crippen molar-refractivity contribution in [1.29, 1.82) is 0 Å². The fourth-order valence-corrected chi connectivity index (χ4v) is 2.74. The lowest BCUT2D eigenvalue weighted by molar-refractivity contribution is -0.147. The van der Waals surface area contributed by atoms with Gasteiger partial charge in [0.1, 0.15) is 5.54 Å². The van der Waals surface area contributed by atoms with E-state index in [0.717, 1.165) is 19.5 Å². The summed E-state index contributed by atoms with van der Waals surface area (Å²) in [7, 11) is 0. The fourth-order valence-electron chi connectivity index (χ4n) is 2.74. The van der Waals surface area contributed by atoms with Gasteiger partial charge in [-0.15, -0.1) is 6.42 Å². The van der Waals surface area contributed by atoms with Crippen LogP contribution in [0.3, 0.4) is 0 Å². The van der Waals surface area contributed by atoms with Crippen LogP contribution in [0.4, 0.5) is 0 Å². The summed E-state index contributed by atoms with van der Waals surface area (Å²) >= 11 is 0. The molecule has 1 fully saturated rings. The highest BCUT2D eigenvalue weighted by Gasteiger charge is 2.41. The van der Waals surface area contributed by atoms with Crippen LogP contribution >= 0.6 is 0 Å². The molecular formula is C16H20N2O2. The zero-order valence-electron chi connectivity index (χ0n) is 11.5. The van der Waals surface area contributed by atoms with Gasteiger partial charge in [-0.1, -0.05) is 36.3 Å². The van der Waals surface area contributed by atoms with Gasteiger partial charge in [0.25, 0.3) is 0 Å². The predicted octanol–water partition coefficient (Wildman–Crippen LogP) is 1.33. The van der Waals surface area contributed by atoms with Crippen LogP contribution < -0.4 is 5.32 Å². The maximum absolute atomic E-state index is 11.6. The minimum absolute atomic E-state index is 0.283.